The van der Waals surface area contributed by atoms with Crippen LogP contribution in [-0.2, 0) is 9.53 Å². The maximum absolute atomic E-state index is 11.1. The topological polar surface area (TPSA) is 26.3 Å². The Hall–Kier alpha value is -0.648. The molecule has 1 aromatic rings. The van der Waals surface area contributed by atoms with Crippen molar-refractivity contribution in [3.05, 3.63) is 48.9 Å². The van der Waals surface area contributed by atoms with E-state index in [0.29, 0.717) is 5.57 Å². The van der Waals surface area contributed by atoms with Crippen LogP contribution in [0.1, 0.15) is 11.1 Å². The fourth-order valence-corrected chi connectivity index (χ4v) is 1.05. The number of carbonyl (C=O) groups excluding carboxylic acids is 1. The summed E-state index contributed by atoms with van der Waals surface area (Å²) in [7, 11) is 1.33. The zero-order valence-electron chi connectivity index (χ0n) is 8.04. The van der Waals surface area contributed by atoms with E-state index in [-0.39, 0.29) is 31.1 Å². The number of carbonyl (C=O) groups is 1. The molecule has 70 valence electrons. The number of rotatable bonds is 2. The molecular formula is C11H11O2U+. The molecule has 0 spiro atoms. The summed E-state index contributed by atoms with van der Waals surface area (Å²) in [4.78, 5) is 11.1. The summed E-state index contributed by atoms with van der Waals surface area (Å²) < 4.78 is 4.56. The van der Waals surface area contributed by atoms with Crippen molar-refractivity contribution in [1.82, 2.24) is 0 Å². The average Bonchev–Trinajstić information content (AvgIpc) is 2.16. The number of ether oxygens (including phenoxy) is 1. The van der Waals surface area contributed by atoms with Crippen molar-refractivity contribution in [2.24, 2.45) is 0 Å². The molecule has 0 aliphatic rings. The Morgan fingerprint density at radius 2 is 2.00 bits per heavy atom. The van der Waals surface area contributed by atoms with E-state index in [1.807, 2.05) is 18.2 Å². The van der Waals surface area contributed by atoms with Crippen molar-refractivity contribution in [3.8, 4) is 0 Å². The fourth-order valence-electron chi connectivity index (χ4n) is 1.05. The van der Waals surface area contributed by atoms with Crippen molar-refractivity contribution >= 4 is 11.5 Å². The van der Waals surface area contributed by atoms with Crippen molar-refractivity contribution in [2.45, 2.75) is 0 Å². The third-order valence-corrected chi connectivity index (χ3v) is 1.77. The zero-order valence-corrected chi connectivity index (χ0v) is 12.2. The van der Waals surface area contributed by atoms with E-state index in [2.05, 4.69) is 18.2 Å². The van der Waals surface area contributed by atoms with Gasteiger partial charge in [0, 0.05) is 5.57 Å². The first-order chi connectivity index (χ1) is 6.16. The number of hydrogen-bond donors (Lipinski definition) is 0. The summed E-state index contributed by atoms with van der Waals surface area (Å²) in [6.07, 6.45) is 0. The molecule has 1 rings (SSSR count). The molecule has 0 radical (unpaired) electrons. The Labute approximate surface area is 108 Å². The summed E-state index contributed by atoms with van der Waals surface area (Å²) in [6, 6.07) is 7.31. The van der Waals surface area contributed by atoms with Gasteiger partial charge in [0.1, 0.15) is 0 Å². The number of esters is 1. The Kier molecular flexibility index (Phi) is 5.68. The van der Waals surface area contributed by atoms with E-state index < -0.39 is 5.97 Å². The van der Waals surface area contributed by atoms with Crippen molar-refractivity contribution in [3.63, 3.8) is 0 Å². The van der Waals surface area contributed by atoms with Gasteiger partial charge < -0.3 is 4.74 Å². The number of methoxy groups -OCH3 is 1. The second kappa shape index (κ2) is 5.95. The molecule has 0 N–H and O–H groups in total. The molecule has 0 heterocycles. The van der Waals surface area contributed by atoms with Crippen LogP contribution in [0.4, 0.5) is 0 Å². The van der Waals surface area contributed by atoms with Crippen LogP contribution in [0, 0.1) is 38.0 Å². The molecule has 0 unspecified atom stereocenters. The fraction of sp³-hybridized carbons (Fsp3) is 0.0909. The molecule has 0 amide bonds. The Bertz CT molecular complexity index is 345. The van der Waals surface area contributed by atoms with Crippen LogP contribution >= 0.6 is 0 Å². The number of hydrogen-bond acceptors (Lipinski definition) is 2. The van der Waals surface area contributed by atoms with Crippen LogP contribution in [0.15, 0.2) is 30.8 Å². The third kappa shape index (κ3) is 2.94. The normalized spacial score (nSPS) is 8.64. The maximum atomic E-state index is 11.1. The van der Waals surface area contributed by atoms with Gasteiger partial charge in [0.15, 0.2) is 0 Å². The molecule has 0 bridgehead atoms. The van der Waals surface area contributed by atoms with Gasteiger partial charge in [0.2, 0.25) is 0 Å². The molecule has 0 saturated carbocycles. The molecular weight excluding hydrogens is 402 g/mol. The van der Waals surface area contributed by atoms with Crippen LogP contribution in [-0.4, -0.2) is 13.1 Å². The minimum absolute atomic E-state index is 0. The molecule has 0 atom stereocenters. The Balaban J connectivity index is 0.00000169. The summed E-state index contributed by atoms with van der Waals surface area (Å²) in [5, 5.41) is 0. The van der Waals surface area contributed by atoms with Gasteiger partial charge in [-0.2, -0.15) is 18.6 Å². The summed E-state index contributed by atoms with van der Waals surface area (Å²) in [5.74, 6) is -0.420. The molecule has 0 fully saturated rings. The van der Waals surface area contributed by atoms with Crippen LogP contribution in [0.25, 0.3) is 5.57 Å². The first-order valence-electron chi connectivity index (χ1n) is 3.85. The molecule has 14 heavy (non-hydrogen) atoms. The zero-order chi connectivity index (χ0) is 9.84. The van der Waals surface area contributed by atoms with Gasteiger partial charge in [-0.15, -0.1) is 17.7 Å². The predicted molar refractivity (Wildman–Crippen MR) is 52.0 cm³/mol. The van der Waals surface area contributed by atoms with Gasteiger partial charge in [-0.1, -0.05) is 12.6 Å². The minimum atomic E-state index is -0.420. The molecule has 2 nitrogen and oxygen atoms in total. The van der Waals surface area contributed by atoms with Gasteiger partial charge in [0.05, 0.1) is 7.11 Å². The Morgan fingerprint density at radius 1 is 1.43 bits per heavy atom. The first-order valence-corrected chi connectivity index (χ1v) is 3.85. The second-order valence-corrected chi connectivity index (χ2v) is 2.63. The standard InChI is InChI=1S/C11H11O2.U/c1-8-6-4-5-7-10(8)9(2)11(12)13-3;/h4-7H,1-2H2,3H3;/q-1;+2. The number of benzene rings is 1. The first kappa shape index (κ1) is 13.4. The van der Waals surface area contributed by atoms with Gasteiger partial charge in [-0.05, 0) is 0 Å². The van der Waals surface area contributed by atoms with Crippen LogP contribution in [0.2, 0.25) is 0 Å². The van der Waals surface area contributed by atoms with Crippen LogP contribution in [0.3, 0.4) is 0 Å². The molecule has 0 aliphatic heterocycles. The van der Waals surface area contributed by atoms with E-state index in [0.717, 1.165) is 11.1 Å². The SMILES string of the molecule is C=C(C(=O)OC)c1ccccc1[CH2-].[U+2]. The molecule has 0 saturated heterocycles. The van der Waals surface area contributed by atoms with Crippen molar-refractivity contribution in [2.75, 3.05) is 7.11 Å². The van der Waals surface area contributed by atoms with E-state index in [1.54, 1.807) is 6.07 Å². The van der Waals surface area contributed by atoms with Gasteiger partial charge in [-0.25, -0.2) is 4.79 Å². The third-order valence-electron chi connectivity index (χ3n) is 1.77. The Morgan fingerprint density at radius 3 is 2.50 bits per heavy atom. The largest absolute Gasteiger partial charge is 2.00 e. The van der Waals surface area contributed by atoms with Crippen LogP contribution < -0.4 is 0 Å². The molecule has 3 heteroatoms. The maximum Gasteiger partial charge on any atom is 2.00 e. The quantitative estimate of drug-likeness (QED) is 0.422. The second-order valence-electron chi connectivity index (χ2n) is 2.63. The summed E-state index contributed by atoms with van der Waals surface area (Å²) >= 11 is 0. The monoisotopic (exact) mass is 413 g/mol. The minimum Gasteiger partial charge on any atom is -0.466 e. The summed E-state index contributed by atoms with van der Waals surface area (Å²) in [5.41, 5.74) is 1.85. The smallest absolute Gasteiger partial charge is 0.466 e. The van der Waals surface area contributed by atoms with E-state index in [9.17, 15) is 4.79 Å². The van der Waals surface area contributed by atoms with E-state index in [1.165, 1.54) is 7.11 Å². The molecule has 0 aliphatic carbocycles. The van der Waals surface area contributed by atoms with E-state index >= 15 is 0 Å². The summed E-state index contributed by atoms with van der Waals surface area (Å²) in [6.45, 7) is 7.43. The van der Waals surface area contributed by atoms with Crippen molar-refractivity contribution < 1.29 is 40.6 Å². The predicted octanol–water partition coefficient (Wildman–Crippen LogP) is 2.05. The van der Waals surface area contributed by atoms with Gasteiger partial charge >= 0.3 is 37.1 Å². The van der Waals surface area contributed by atoms with Crippen molar-refractivity contribution in [1.29, 1.82) is 0 Å². The van der Waals surface area contributed by atoms with Gasteiger partial charge in [0.25, 0.3) is 0 Å². The molecule has 1 aromatic carbocycles. The van der Waals surface area contributed by atoms with E-state index in [4.69, 9.17) is 0 Å². The molecule has 0 aromatic heterocycles. The van der Waals surface area contributed by atoms with Gasteiger partial charge in [-0.3, -0.25) is 0 Å². The average molecular weight is 413 g/mol. The van der Waals surface area contributed by atoms with Crippen LogP contribution in [0.5, 0.6) is 0 Å².